The molecule has 0 saturated carbocycles. The number of rotatable bonds is 2. The lowest BCUT2D eigenvalue weighted by molar-refractivity contribution is -0.118. The average Bonchev–Trinajstić information content (AvgIpc) is 2.35. The number of halogens is 3. The molecule has 1 fully saturated rings. The summed E-state index contributed by atoms with van der Waals surface area (Å²) in [7, 11) is 0. The van der Waals surface area contributed by atoms with Crippen molar-refractivity contribution < 1.29 is 9.18 Å². The van der Waals surface area contributed by atoms with Crippen molar-refractivity contribution in [3.63, 3.8) is 0 Å². The molecular weight excluding hydrogens is 323 g/mol. The van der Waals surface area contributed by atoms with Crippen LogP contribution >= 0.6 is 28.3 Å². The van der Waals surface area contributed by atoms with E-state index in [0.717, 1.165) is 30.3 Å². The Balaban J connectivity index is 0.00000162. The fraction of sp³-hybridized carbons (Fsp3) is 0.417. The summed E-state index contributed by atoms with van der Waals surface area (Å²) >= 11 is 3.25. The predicted molar refractivity (Wildman–Crippen MR) is 75.6 cm³/mol. The quantitative estimate of drug-likeness (QED) is 0.871. The minimum absolute atomic E-state index is 0. The maximum atomic E-state index is 13.4. The molecule has 1 aliphatic rings. The third kappa shape index (κ3) is 3.93. The number of anilines is 1. The molecule has 0 spiro atoms. The van der Waals surface area contributed by atoms with E-state index in [4.69, 9.17) is 0 Å². The topological polar surface area (TPSA) is 41.1 Å². The molecule has 1 saturated heterocycles. The van der Waals surface area contributed by atoms with E-state index >= 15 is 0 Å². The minimum atomic E-state index is -0.419. The van der Waals surface area contributed by atoms with Gasteiger partial charge in [0.2, 0.25) is 5.91 Å². The van der Waals surface area contributed by atoms with Gasteiger partial charge in [0.05, 0.1) is 11.7 Å². The Hall–Kier alpha value is -0.650. The number of piperidine rings is 1. The number of carbonyl (C=O) groups is 1. The van der Waals surface area contributed by atoms with Crippen LogP contribution in [0.3, 0.4) is 0 Å². The number of amides is 1. The second-order valence-corrected chi connectivity index (χ2v) is 5.03. The van der Waals surface area contributed by atoms with Gasteiger partial charge in [0.25, 0.3) is 0 Å². The van der Waals surface area contributed by atoms with Crippen LogP contribution in [0.2, 0.25) is 0 Å². The van der Waals surface area contributed by atoms with Crippen molar-refractivity contribution in [2.45, 2.75) is 25.3 Å². The highest BCUT2D eigenvalue weighted by molar-refractivity contribution is 9.10. The van der Waals surface area contributed by atoms with E-state index < -0.39 is 5.82 Å². The van der Waals surface area contributed by atoms with Gasteiger partial charge in [-0.15, -0.1) is 12.4 Å². The van der Waals surface area contributed by atoms with Crippen LogP contribution < -0.4 is 10.6 Å². The van der Waals surface area contributed by atoms with E-state index in [0.29, 0.717) is 0 Å². The van der Waals surface area contributed by atoms with E-state index in [1.165, 1.54) is 6.07 Å². The molecule has 6 heteroatoms. The summed E-state index contributed by atoms with van der Waals surface area (Å²) in [6.07, 6.45) is 2.93. The van der Waals surface area contributed by atoms with E-state index in [1.54, 1.807) is 12.1 Å². The van der Waals surface area contributed by atoms with Gasteiger partial charge >= 0.3 is 0 Å². The first-order chi connectivity index (χ1) is 8.16. The Labute approximate surface area is 120 Å². The molecule has 0 aromatic heterocycles. The summed E-state index contributed by atoms with van der Waals surface area (Å²) in [5, 5.41) is 5.74. The molecular formula is C12H15BrClFN2O. The zero-order valence-electron chi connectivity index (χ0n) is 9.71. The molecule has 100 valence electrons. The highest BCUT2D eigenvalue weighted by Gasteiger charge is 2.21. The van der Waals surface area contributed by atoms with Crippen molar-refractivity contribution in [2.75, 3.05) is 11.9 Å². The van der Waals surface area contributed by atoms with Crippen molar-refractivity contribution in [2.24, 2.45) is 0 Å². The van der Waals surface area contributed by atoms with E-state index in [2.05, 4.69) is 26.6 Å². The molecule has 0 bridgehead atoms. The Morgan fingerprint density at radius 1 is 1.44 bits per heavy atom. The van der Waals surface area contributed by atoms with Gasteiger partial charge in [0.1, 0.15) is 5.82 Å². The summed E-state index contributed by atoms with van der Waals surface area (Å²) in [5.74, 6) is -0.584. The van der Waals surface area contributed by atoms with Crippen molar-refractivity contribution in [1.29, 1.82) is 0 Å². The molecule has 2 rings (SSSR count). The normalized spacial score (nSPS) is 18.9. The van der Waals surface area contributed by atoms with Crippen molar-refractivity contribution in [3.8, 4) is 0 Å². The Bertz CT molecular complexity index is 425. The van der Waals surface area contributed by atoms with Crippen LogP contribution in [0.15, 0.2) is 22.7 Å². The predicted octanol–water partition coefficient (Wildman–Crippen LogP) is 3.09. The van der Waals surface area contributed by atoms with E-state index in [1.807, 2.05) is 0 Å². The van der Waals surface area contributed by atoms with Gasteiger partial charge in [-0.1, -0.05) is 22.4 Å². The minimum Gasteiger partial charge on any atom is -0.322 e. The second-order valence-electron chi connectivity index (χ2n) is 4.12. The van der Waals surface area contributed by atoms with Gasteiger partial charge in [-0.2, -0.15) is 0 Å². The van der Waals surface area contributed by atoms with E-state index in [9.17, 15) is 9.18 Å². The summed E-state index contributed by atoms with van der Waals surface area (Å²) < 4.78 is 14.2. The Morgan fingerprint density at radius 2 is 2.22 bits per heavy atom. The van der Waals surface area contributed by atoms with Crippen LogP contribution in [0.1, 0.15) is 19.3 Å². The summed E-state index contributed by atoms with van der Waals surface area (Å²) in [4.78, 5) is 11.9. The standard InChI is InChI=1S/C12H14BrFN2O.ClH/c13-8-4-5-9(14)11(7-8)16-12(17)10-3-1-2-6-15-10;/h4-5,7,10,15H,1-3,6H2,(H,16,17);1H/t10-;/m0./s1. The van der Waals surface area contributed by atoms with Crippen LogP contribution in [-0.2, 0) is 4.79 Å². The molecule has 3 nitrogen and oxygen atoms in total. The van der Waals surface area contributed by atoms with Crippen molar-refractivity contribution in [1.82, 2.24) is 5.32 Å². The lowest BCUT2D eigenvalue weighted by Crippen LogP contribution is -2.43. The van der Waals surface area contributed by atoms with Crippen LogP contribution in [0, 0.1) is 5.82 Å². The monoisotopic (exact) mass is 336 g/mol. The van der Waals surface area contributed by atoms with Gasteiger partial charge in [0, 0.05) is 4.47 Å². The first-order valence-electron chi connectivity index (χ1n) is 5.66. The number of benzene rings is 1. The number of carbonyl (C=O) groups excluding carboxylic acids is 1. The molecule has 1 atom stereocenters. The SMILES string of the molecule is Cl.O=C(Nc1cc(Br)ccc1F)[C@@H]1CCCCN1. The highest BCUT2D eigenvalue weighted by Crippen LogP contribution is 2.20. The van der Waals surface area contributed by atoms with Gasteiger partial charge in [-0.3, -0.25) is 4.79 Å². The molecule has 2 N–H and O–H groups in total. The van der Waals surface area contributed by atoms with Crippen LogP contribution in [0.5, 0.6) is 0 Å². The average molecular weight is 338 g/mol. The largest absolute Gasteiger partial charge is 0.322 e. The molecule has 1 aromatic rings. The van der Waals surface area contributed by atoms with Gasteiger partial charge in [-0.05, 0) is 37.6 Å². The zero-order chi connectivity index (χ0) is 12.3. The van der Waals surface area contributed by atoms with Crippen LogP contribution in [0.4, 0.5) is 10.1 Å². The van der Waals surface area contributed by atoms with Gasteiger partial charge in [0.15, 0.2) is 0 Å². The maximum Gasteiger partial charge on any atom is 0.241 e. The maximum absolute atomic E-state index is 13.4. The molecule has 1 amide bonds. The molecule has 0 aliphatic carbocycles. The van der Waals surface area contributed by atoms with Crippen molar-refractivity contribution >= 4 is 39.9 Å². The third-order valence-electron chi connectivity index (χ3n) is 2.81. The fourth-order valence-electron chi connectivity index (χ4n) is 1.89. The smallest absolute Gasteiger partial charge is 0.241 e. The molecule has 0 unspecified atom stereocenters. The van der Waals surface area contributed by atoms with E-state index in [-0.39, 0.29) is 30.0 Å². The Morgan fingerprint density at radius 3 is 2.89 bits per heavy atom. The first kappa shape index (κ1) is 15.4. The molecule has 0 radical (unpaired) electrons. The lowest BCUT2D eigenvalue weighted by atomic mass is 10.0. The third-order valence-corrected chi connectivity index (χ3v) is 3.31. The number of hydrogen-bond acceptors (Lipinski definition) is 2. The van der Waals surface area contributed by atoms with Gasteiger partial charge < -0.3 is 10.6 Å². The fourth-order valence-corrected chi connectivity index (χ4v) is 2.25. The summed E-state index contributed by atoms with van der Waals surface area (Å²) in [5.41, 5.74) is 0.219. The molecule has 18 heavy (non-hydrogen) atoms. The molecule has 1 aromatic carbocycles. The van der Waals surface area contributed by atoms with Crippen LogP contribution in [0.25, 0.3) is 0 Å². The first-order valence-corrected chi connectivity index (χ1v) is 6.45. The molecule has 1 aliphatic heterocycles. The summed E-state index contributed by atoms with van der Waals surface area (Å²) in [6, 6.07) is 4.29. The van der Waals surface area contributed by atoms with Crippen molar-refractivity contribution in [3.05, 3.63) is 28.5 Å². The molecule has 1 heterocycles. The summed E-state index contributed by atoms with van der Waals surface area (Å²) in [6.45, 7) is 0.846. The Kier molecular flexibility index (Phi) is 6.05. The van der Waals surface area contributed by atoms with Gasteiger partial charge in [-0.25, -0.2) is 4.39 Å². The zero-order valence-corrected chi connectivity index (χ0v) is 12.1. The van der Waals surface area contributed by atoms with Crippen LogP contribution in [-0.4, -0.2) is 18.5 Å². The second kappa shape index (κ2) is 7.07. The number of hydrogen-bond donors (Lipinski definition) is 2. The number of nitrogens with one attached hydrogen (secondary N) is 2. The lowest BCUT2D eigenvalue weighted by Gasteiger charge is -2.22. The highest BCUT2D eigenvalue weighted by atomic mass is 79.9.